The molecule has 5 aromatic rings. The molecule has 6 heterocycles. The molecule has 0 spiro atoms. The fraction of sp³-hybridized carbons (Fsp3) is 0.276. The molecule has 2 bridgehead atoms. The molecule has 2 saturated heterocycles. The van der Waals surface area contributed by atoms with Gasteiger partial charge in [0.25, 0.3) is 5.91 Å². The number of nitrogen functional groups attached to an aromatic ring is 1. The Morgan fingerprint density at radius 1 is 1.02 bits per heavy atom. The van der Waals surface area contributed by atoms with Crippen LogP contribution < -0.4 is 5.73 Å². The number of fused-ring (bicyclic) bond motifs is 3. The summed E-state index contributed by atoms with van der Waals surface area (Å²) in [5.74, 6) is 0.378. The first kappa shape index (κ1) is 24.1. The predicted octanol–water partition coefficient (Wildman–Crippen LogP) is 3.45. The minimum Gasteiger partial charge on any atom is -0.383 e. The first-order valence-electron chi connectivity index (χ1n) is 13.4. The first-order valence-corrected chi connectivity index (χ1v) is 13.4. The third kappa shape index (κ3) is 3.93. The number of carbonyl (C=O) groups is 2. The van der Waals surface area contributed by atoms with E-state index in [9.17, 15) is 9.59 Å². The van der Waals surface area contributed by atoms with E-state index in [1.807, 2.05) is 53.6 Å². The molecule has 1 unspecified atom stereocenters. The lowest BCUT2D eigenvalue weighted by atomic mass is 9.85. The van der Waals surface area contributed by atoms with Crippen LogP contribution in [0.15, 0.2) is 61.1 Å². The number of aromatic nitrogens is 7. The molecule has 4 aromatic heterocycles. The van der Waals surface area contributed by atoms with Crippen LogP contribution >= 0.6 is 0 Å². The average molecular weight is 534 g/mol. The van der Waals surface area contributed by atoms with Gasteiger partial charge in [-0.05, 0) is 31.7 Å². The highest BCUT2D eigenvalue weighted by molar-refractivity contribution is 5.92. The number of nitrogens with zero attached hydrogens (tertiary/aromatic N) is 7. The Bertz CT molecular complexity index is 1680. The third-order valence-corrected chi connectivity index (χ3v) is 8.24. The van der Waals surface area contributed by atoms with Crippen LogP contribution in [0.1, 0.15) is 53.3 Å². The van der Waals surface area contributed by atoms with Gasteiger partial charge in [0.1, 0.15) is 12.1 Å². The fourth-order valence-electron chi connectivity index (χ4n) is 6.40. The Balaban J connectivity index is 1.25. The number of piperidine rings is 1. The van der Waals surface area contributed by atoms with Crippen molar-refractivity contribution < 1.29 is 9.59 Å². The number of rotatable bonds is 6. The molecule has 0 aliphatic carbocycles. The monoisotopic (exact) mass is 533 g/mol. The SMILES string of the molecule is Nc1c(CC=O)c(C2C[C@H]3CC[C@@H](C2)N3C(=O)c2cn[nH]n2)nc2c(-c3ccc(-c4ccccc4)nc3)cnn12. The van der Waals surface area contributed by atoms with E-state index in [1.165, 1.54) is 6.20 Å². The first-order chi connectivity index (χ1) is 19.6. The number of hydrogen-bond acceptors (Lipinski definition) is 8. The summed E-state index contributed by atoms with van der Waals surface area (Å²) in [6, 6.07) is 14.1. The zero-order valence-electron chi connectivity index (χ0n) is 21.6. The van der Waals surface area contributed by atoms with Crippen molar-refractivity contribution in [1.29, 1.82) is 0 Å². The summed E-state index contributed by atoms with van der Waals surface area (Å²) in [6.07, 6.45) is 9.37. The van der Waals surface area contributed by atoms with Crippen LogP contribution in [0.3, 0.4) is 0 Å². The summed E-state index contributed by atoms with van der Waals surface area (Å²) >= 11 is 0. The molecule has 1 aromatic carbocycles. The molecular weight excluding hydrogens is 506 g/mol. The van der Waals surface area contributed by atoms with Crippen LogP contribution in [0.5, 0.6) is 0 Å². The van der Waals surface area contributed by atoms with Gasteiger partial charge in [0.05, 0.1) is 23.8 Å². The maximum atomic E-state index is 13.1. The molecule has 2 aliphatic heterocycles. The topological polar surface area (TPSA) is 148 Å². The number of H-pyrrole nitrogens is 1. The number of hydrogen-bond donors (Lipinski definition) is 2. The Hall–Kier alpha value is -4.93. The van der Waals surface area contributed by atoms with Crippen LogP contribution in [-0.4, -0.2) is 64.2 Å². The Morgan fingerprint density at radius 3 is 2.50 bits per heavy atom. The minimum absolute atomic E-state index is 0.0578. The molecule has 11 nitrogen and oxygen atoms in total. The lowest BCUT2D eigenvalue weighted by Gasteiger charge is -2.39. The third-order valence-electron chi connectivity index (χ3n) is 8.24. The van der Waals surface area contributed by atoms with Crippen molar-refractivity contribution in [3.63, 3.8) is 0 Å². The van der Waals surface area contributed by atoms with Gasteiger partial charge in [-0.15, -0.1) is 0 Å². The molecular formula is C29H27N9O2. The number of amides is 1. The number of nitrogens with two attached hydrogens (primary N) is 1. The molecule has 3 atom stereocenters. The molecule has 2 fully saturated rings. The Labute approximate surface area is 229 Å². The fourth-order valence-corrected chi connectivity index (χ4v) is 6.40. The molecule has 11 heteroatoms. The van der Waals surface area contributed by atoms with Crippen LogP contribution in [0, 0.1) is 0 Å². The van der Waals surface area contributed by atoms with E-state index in [2.05, 4.69) is 25.5 Å². The number of benzene rings is 1. The van der Waals surface area contributed by atoms with E-state index < -0.39 is 0 Å². The maximum Gasteiger partial charge on any atom is 0.276 e. The minimum atomic E-state index is -0.0970. The highest BCUT2D eigenvalue weighted by Gasteiger charge is 2.45. The molecule has 3 N–H and O–H groups in total. The van der Waals surface area contributed by atoms with E-state index in [1.54, 1.807) is 10.7 Å². The summed E-state index contributed by atoms with van der Waals surface area (Å²) in [7, 11) is 0. The molecule has 200 valence electrons. The number of aldehydes is 1. The van der Waals surface area contributed by atoms with Gasteiger partial charge in [0, 0.05) is 52.9 Å². The molecule has 2 aliphatic rings. The molecule has 0 radical (unpaired) electrons. The van der Waals surface area contributed by atoms with Gasteiger partial charge in [-0.2, -0.15) is 25.0 Å². The highest BCUT2D eigenvalue weighted by atomic mass is 16.2. The van der Waals surface area contributed by atoms with Crippen molar-refractivity contribution in [3.8, 4) is 22.4 Å². The van der Waals surface area contributed by atoms with E-state index >= 15 is 0 Å². The van der Waals surface area contributed by atoms with E-state index in [-0.39, 0.29) is 30.3 Å². The van der Waals surface area contributed by atoms with Crippen LogP contribution in [0.4, 0.5) is 5.82 Å². The molecule has 1 amide bonds. The van der Waals surface area contributed by atoms with E-state index in [0.717, 1.165) is 60.0 Å². The number of nitrogens with one attached hydrogen (secondary N) is 1. The summed E-state index contributed by atoms with van der Waals surface area (Å²) in [6.45, 7) is 0. The van der Waals surface area contributed by atoms with Gasteiger partial charge in [-0.1, -0.05) is 36.4 Å². The van der Waals surface area contributed by atoms with Gasteiger partial charge < -0.3 is 15.4 Å². The number of carbonyl (C=O) groups excluding carboxylic acids is 2. The summed E-state index contributed by atoms with van der Waals surface area (Å²) < 4.78 is 1.61. The highest BCUT2D eigenvalue weighted by Crippen LogP contribution is 2.45. The second-order valence-electron chi connectivity index (χ2n) is 10.4. The van der Waals surface area contributed by atoms with Crippen molar-refractivity contribution in [1.82, 2.24) is 39.9 Å². The molecule has 7 rings (SSSR count). The number of anilines is 1. The van der Waals surface area contributed by atoms with Gasteiger partial charge in [-0.25, -0.2) is 4.98 Å². The summed E-state index contributed by atoms with van der Waals surface area (Å²) in [4.78, 5) is 36.6. The Kier molecular flexibility index (Phi) is 5.84. The second kappa shape index (κ2) is 9.67. The van der Waals surface area contributed by atoms with Gasteiger partial charge in [0.2, 0.25) is 0 Å². The summed E-state index contributed by atoms with van der Waals surface area (Å²) in [5, 5.41) is 14.8. The van der Waals surface area contributed by atoms with Crippen molar-refractivity contribution in [2.45, 2.75) is 50.1 Å². The zero-order valence-corrected chi connectivity index (χ0v) is 21.6. The predicted molar refractivity (Wildman–Crippen MR) is 147 cm³/mol. The summed E-state index contributed by atoms with van der Waals surface area (Å²) in [5.41, 5.74) is 12.7. The standard InChI is InChI=1S/C29H27N9O2/c30-27-22(10-11-39)26(19-12-20-7-8-21(13-19)37(20)29(40)25-16-32-36-35-25)34-28-23(15-33-38(27)28)18-6-9-24(31-14-18)17-4-2-1-3-5-17/h1-6,9,11,14-16,19-21H,7-8,10,12-13,30H2,(H,32,35,36)/t19?,20-,21+. The number of pyridine rings is 1. The smallest absolute Gasteiger partial charge is 0.276 e. The van der Waals surface area contributed by atoms with Crippen LogP contribution in [0.25, 0.3) is 28.0 Å². The van der Waals surface area contributed by atoms with Gasteiger partial charge >= 0.3 is 0 Å². The normalized spacial score (nSPS) is 20.2. The largest absolute Gasteiger partial charge is 0.383 e. The average Bonchev–Trinajstić information content (AvgIpc) is 3.73. The van der Waals surface area contributed by atoms with Crippen molar-refractivity contribution in [2.75, 3.05) is 5.73 Å². The van der Waals surface area contributed by atoms with E-state index in [0.29, 0.717) is 22.7 Å². The number of aromatic amines is 1. The molecule has 40 heavy (non-hydrogen) atoms. The van der Waals surface area contributed by atoms with Gasteiger partial charge in [0.15, 0.2) is 11.3 Å². The second-order valence-corrected chi connectivity index (χ2v) is 10.4. The van der Waals surface area contributed by atoms with Crippen LogP contribution in [-0.2, 0) is 11.2 Å². The van der Waals surface area contributed by atoms with Crippen molar-refractivity contribution in [3.05, 3.63) is 78.0 Å². The van der Waals surface area contributed by atoms with Crippen LogP contribution in [0.2, 0.25) is 0 Å². The quantitative estimate of drug-likeness (QED) is 0.315. The van der Waals surface area contributed by atoms with Gasteiger partial charge in [-0.3, -0.25) is 9.78 Å². The Morgan fingerprint density at radius 2 is 1.82 bits per heavy atom. The zero-order chi connectivity index (χ0) is 27.2. The lowest BCUT2D eigenvalue weighted by Crippen LogP contribution is -2.46. The van der Waals surface area contributed by atoms with Crippen molar-refractivity contribution >= 4 is 23.7 Å². The lowest BCUT2D eigenvalue weighted by molar-refractivity contribution is -0.107. The van der Waals surface area contributed by atoms with Crippen molar-refractivity contribution in [2.24, 2.45) is 0 Å². The van der Waals surface area contributed by atoms with E-state index in [4.69, 9.17) is 10.7 Å². The molecule has 0 saturated carbocycles. The maximum absolute atomic E-state index is 13.1.